The highest BCUT2D eigenvalue weighted by molar-refractivity contribution is 5.82. The van der Waals surface area contributed by atoms with E-state index in [-0.39, 0.29) is 11.9 Å². The summed E-state index contributed by atoms with van der Waals surface area (Å²) in [6.07, 6.45) is 5.65. The van der Waals surface area contributed by atoms with Gasteiger partial charge in [-0.1, -0.05) is 12.8 Å². The number of amides is 1. The van der Waals surface area contributed by atoms with Crippen molar-refractivity contribution >= 4 is 5.91 Å². The summed E-state index contributed by atoms with van der Waals surface area (Å²) in [6, 6.07) is 0.414. The fourth-order valence-electron chi connectivity index (χ4n) is 3.85. The van der Waals surface area contributed by atoms with Gasteiger partial charge in [0.1, 0.15) is 6.04 Å². The minimum absolute atomic E-state index is 0.138. The Morgan fingerprint density at radius 2 is 2.05 bits per heavy atom. The standard InChI is InChI=1S/C15H26N2O3/c1-15(19)6-7-16(11-15)14(18)13-10-20-9-8-17(13)12-4-2-3-5-12/h12-13,19H,2-11H2,1H3. The molecule has 20 heavy (non-hydrogen) atoms. The Hall–Kier alpha value is -0.650. The maximum atomic E-state index is 12.7. The number of hydrogen-bond acceptors (Lipinski definition) is 4. The van der Waals surface area contributed by atoms with Crippen LogP contribution in [0.5, 0.6) is 0 Å². The van der Waals surface area contributed by atoms with Crippen molar-refractivity contribution in [2.45, 2.75) is 56.7 Å². The van der Waals surface area contributed by atoms with Crippen LogP contribution in [0.3, 0.4) is 0 Å². The Balaban J connectivity index is 1.68. The lowest BCUT2D eigenvalue weighted by atomic mass is 10.1. The van der Waals surface area contributed by atoms with Crippen molar-refractivity contribution in [2.75, 3.05) is 32.8 Å². The number of carbonyl (C=O) groups excluding carboxylic acids is 1. The van der Waals surface area contributed by atoms with E-state index in [4.69, 9.17) is 4.74 Å². The van der Waals surface area contributed by atoms with E-state index in [1.807, 2.05) is 11.8 Å². The van der Waals surface area contributed by atoms with Crippen LogP contribution in [0, 0.1) is 0 Å². The molecule has 0 radical (unpaired) electrons. The fourth-order valence-corrected chi connectivity index (χ4v) is 3.85. The van der Waals surface area contributed by atoms with Crippen molar-refractivity contribution in [1.82, 2.24) is 9.80 Å². The molecule has 0 aromatic heterocycles. The van der Waals surface area contributed by atoms with Crippen LogP contribution in [0.25, 0.3) is 0 Å². The molecule has 2 atom stereocenters. The van der Waals surface area contributed by atoms with E-state index in [0.29, 0.717) is 32.2 Å². The van der Waals surface area contributed by atoms with E-state index in [1.165, 1.54) is 25.7 Å². The van der Waals surface area contributed by atoms with Crippen LogP contribution in [0.15, 0.2) is 0 Å². The average molecular weight is 282 g/mol. The van der Waals surface area contributed by atoms with Crippen molar-refractivity contribution in [2.24, 2.45) is 0 Å². The third kappa shape index (κ3) is 2.85. The molecule has 0 bridgehead atoms. The quantitative estimate of drug-likeness (QED) is 0.806. The zero-order valence-corrected chi connectivity index (χ0v) is 12.4. The molecule has 2 aliphatic heterocycles. The molecule has 1 aliphatic carbocycles. The van der Waals surface area contributed by atoms with Gasteiger partial charge in [-0.3, -0.25) is 9.69 Å². The lowest BCUT2D eigenvalue weighted by Crippen LogP contribution is -2.57. The van der Waals surface area contributed by atoms with Crippen molar-refractivity contribution in [1.29, 1.82) is 0 Å². The lowest BCUT2D eigenvalue weighted by molar-refractivity contribution is -0.145. The number of nitrogens with zero attached hydrogens (tertiary/aromatic N) is 2. The minimum atomic E-state index is -0.719. The van der Waals surface area contributed by atoms with Crippen LogP contribution in [-0.4, -0.2) is 71.3 Å². The molecule has 3 fully saturated rings. The largest absolute Gasteiger partial charge is 0.388 e. The topological polar surface area (TPSA) is 53.0 Å². The molecule has 1 N–H and O–H groups in total. The molecule has 5 nitrogen and oxygen atoms in total. The molecule has 114 valence electrons. The number of aliphatic hydroxyl groups is 1. The molecule has 0 aromatic rings. The Bertz CT molecular complexity index is 366. The van der Waals surface area contributed by atoms with Crippen LogP contribution >= 0.6 is 0 Å². The third-order valence-corrected chi connectivity index (χ3v) is 5.01. The molecule has 1 amide bonds. The number of morpholine rings is 1. The normalized spacial score (nSPS) is 36.7. The molecule has 1 saturated carbocycles. The van der Waals surface area contributed by atoms with Gasteiger partial charge in [-0.05, 0) is 26.2 Å². The molecule has 2 heterocycles. The van der Waals surface area contributed by atoms with Gasteiger partial charge in [0.25, 0.3) is 0 Å². The smallest absolute Gasteiger partial charge is 0.242 e. The lowest BCUT2D eigenvalue weighted by Gasteiger charge is -2.40. The Morgan fingerprint density at radius 1 is 1.30 bits per heavy atom. The number of carbonyl (C=O) groups is 1. The van der Waals surface area contributed by atoms with Gasteiger partial charge in [-0.15, -0.1) is 0 Å². The Labute approximate surface area is 120 Å². The van der Waals surface area contributed by atoms with Gasteiger partial charge in [0.15, 0.2) is 0 Å². The Morgan fingerprint density at radius 3 is 2.70 bits per heavy atom. The summed E-state index contributed by atoms with van der Waals surface area (Å²) in [4.78, 5) is 16.9. The first-order chi connectivity index (χ1) is 9.57. The van der Waals surface area contributed by atoms with E-state index in [9.17, 15) is 9.90 Å². The second kappa shape index (κ2) is 5.62. The highest BCUT2D eigenvalue weighted by Crippen LogP contribution is 2.28. The fraction of sp³-hybridized carbons (Fsp3) is 0.933. The van der Waals surface area contributed by atoms with Gasteiger partial charge in [-0.25, -0.2) is 0 Å². The van der Waals surface area contributed by atoms with E-state index < -0.39 is 5.60 Å². The highest BCUT2D eigenvalue weighted by Gasteiger charge is 2.41. The van der Waals surface area contributed by atoms with Crippen molar-refractivity contribution in [3.63, 3.8) is 0 Å². The Kier molecular flexibility index (Phi) is 4.02. The minimum Gasteiger partial charge on any atom is -0.388 e. The zero-order valence-electron chi connectivity index (χ0n) is 12.4. The monoisotopic (exact) mass is 282 g/mol. The SMILES string of the molecule is CC1(O)CCN(C(=O)C2COCCN2C2CCCC2)C1. The predicted molar refractivity (Wildman–Crippen MR) is 75.4 cm³/mol. The summed E-state index contributed by atoms with van der Waals surface area (Å²) in [6.45, 7) is 5.05. The molecule has 0 aromatic carbocycles. The zero-order chi connectivity index (χ0) is 14.2. The van der Waals surface area contributed by atoms with Crippen LogP contribution in [0.2, 0.25) is 0 Å². The number of ether oxygens (including phenoxy) is 1. The van der Waals surface area contributed by atoms with Crippen LogP contribution in [0.1, 0.15) is 39.0 Å². The van der Waals surface area contributed by atoms with Crippen molar-refractivity contribution in [3.8, 4) is 0 Å². The molecule has 2 unspecified atom stereocenters. The molecule has 3 rings (SSSR count). The van der Waals surface area contributed by atoms with Crippen molar-refractivity contribution < 1.29 is 14.6 Å². The van der Waals surface area contributed by atoms with Gasteiger partial charge >= 0.3 is 0 Å². The molecular formula is C15H26N2O3. The van der Waals surface area contributed by atoms with Crippen LogP contribution < -0.4 is 0 Å². The van der Waals surface area contributed by atoms with Gasteiger partial charge in [0.05, 0.1) is 18.8 Å². The first-order valence-electron chi connectivity index (χ1n) is 7.91. The summed E-state index contributed by atoms with van der Waals surface area (Å²) in [5, 5.41) is 10.1. The number of rotatable bonds is 2. The molecular weight excluding hydrogens is 256 g/mol. The summed E-state index contributed by atoms with van der Waals surface area (Å²) in [5.41, 5.74) is -0.719. The van der Waals surface area contributed by atoms with Gasteiger partial charge in [0.2, 0.25) is 5.91 Å². The van der Waals surface area contributed by atoms with Crippen LogP contribution in [0.4, 0.5) is 0 Å². The molecule has 3 aliphatic rings. The van der Waals surface area contributed by atoms with E-state index in [1.54, 1.807) is 0 Å². The summed E-state index contributed by atoms with van der Waals surface area (Å²) in [7, 11) is 0. The maximum absolute atomic E-state index is 12.7. The van der Waals surface area contributed by atoms with Gasteiger partial charge < -0.3 is 14.7 Å². The third-order valence-electron chi connectivity index (χ3n) is 5.01. The van der Waals surface area contributed by atoms with E-state index in [0.717, 1.165) is 13.2 Å². The first kappa shape index (κ1) is 14.3. The highest BCUT2D eigenvalue weighted by atomic mass is 16.5. The first-order valence-corrected chi connectivity index (χ1v) is 7.91. The number of β-amino-alcohol motifs (C(OH)–C–C–N with tert-alkyl or cyclic N) is 1. The number of likely N-dealkylation sites (tertiary alicyclic amines) is 1. The average Bonchev–Trinajstić information content (AvgIpc) is 3.07. The van der Waals surface area contributed by atoms with E-state index in [2.05, 4.69) is 4.90 Å². The second-order valence-corrected chi connectivity index (χ2v) is 6.77. The van der Waals surface area contributed by atoms with Gasteiger partial charge in [0, 0.05) is 25.7 Å². The predicted octanol–water partition coefficient (Wildman–Crippen LogP) is 0.613. The molecule has 2 saturated heterocycles. The van der Waals surface area contributed by atoms with E-state index >= 15 is 0 Å². The van der Waals surface area contributed by atoms with Crippen LogP contribution in [-0.2, 0) is 9.53 Å². The number of hydrogen-bond donors (Lipinski definition) is 1. The summed E-state index contributed by atoms with van der Waals surface area (Å²) < 4.78 is 5.55. The molecule has 0 spiro atoms. The summed E-state index contributed by atoms with van der Waals surface area (Å²) in [5.74, 6) is 0.148. The molecule has 5 heteroatoms. The summed E-state index contributed by atoms with van der Waals surface area (Å²) >= 11 is 0. The second-order valence-electron chi connectivity index (χ2n) is 6.77. The van der Waals surface area contributed by atoms with Crippen molar-refractivity contribution in [3.05, 3.63) is 0 Å². The van der Waals surface area contributed by atoms with Gasteiger partial charge in [-0.2, -0.15) is 0 Å². The maximum Gasteiger partial charge on any atom is 0.242 e.